The van der Waals surface area contributed by atoms with Gasteiger partial charge in [0.1, 0.15) is 5.82 Å². The zero-order valence-corrected chi connectivity index (χ0v) is 9.31. The number of hydrogen-bond donors (Lipinski definition) is 1. The fourth-order valence-corrected chi connectivity index (χ4v) is 1.31. The average molecular weight is 215 g/mol. The molecule has 0 unspecified atom stereocenters. The van der Waals surface area contributed by atoms with Crippen LogP contribution >= 0.6 is 0 Å². The van der Waals surface area contributed by atoms with Crippen molar-refractivity contribution in [3.63, 3.8) is 0 Å². The van der Waals surface area contributed by atoms with Gasteiger partial charge in [0.15, 0.2) is 11.6 Å². The first kappa shape index (κ1) is 10.5. The number of hydrogen-bond acceptors (Lipinski definition) is 5. The summed E-state index contributed by atoms with van der Waals surface area (Å²) < 4.78 is 0. The molecule has 16 heavy (non-hydrogen) atoms. The van der Waals surface area contributed by atoms with E-state index in [2.05, 4.69) is 19.9 Å². The fourth-order valence-electron chi connectivity index (χ4n) is 1.31. The maximum absolute atomic E-state index is 5.70. The first-order valence-electron chi connectivity index (χ1n) is 5.11. The maximum atomic E-state index is 5.70. The molecule has 82 valence electrons. The predicted octanol–water partition coefficient (Wildman–Crippen LogP) is 1.39. The Morgan fingerprint density at radius 3 is 2.44 bits per heavy atom. The standard InChI is InChI=1S/C11H13N5/c1-3-8-4-9(12)16-11(15-8)10-13-5-7(2)6-14-10/h4-6H,3H2,1-2H3,(H2,12,15,16). The summed E-state index contributed by atoms with van der Waals surface area (Å²) >= 11 is 0. The Bertz CT molecular complexity index is 492. The molecule has 2 N–H and O–H groups in total. The molecule has 5 nitrogen and oxygen atoms in total. The van der Waals surface area contributed by atoms with Gasteiger partial charge in [-0.05, 0) is 18.9 Å². The van der Waals surface area contributed by atoms with Crippen LogP contribution in [0.25, 0.3) is 11.6 Å². The van der Waals surface area contributed by atoms with Crippen LogP contribution in [-0.2, 0) is 6.42 Å². The van der Waals surface area contributed by atoms with Crippen LogP contribution in [0.2, 0.25) is 0 Å². The van der Waals surface area contributed by atoms with Crippen LogP contribution in [-0.4, -0.2) is 19.9 Å². The van der Waals surface area contributed by atoms with Crippen molar-refractivity contribution in [1.82, 2.24) is 19.9 Å². The molecule has 0 aromatic carbocycles. The molecular formula is C11H13N5. The van der Waals surface area contributed by atoms with Crippen molar-refractivity contribution in [3.8, 4) is 11.6 Å². The third-order valence-corrected chi connectivity index (χ3v) is 2.14. The zero-order valence-electron chi connectivity index (χ0n) is 9.31. The van der Waals surface area contributed by atoms with Crippen molar-refractivity contribution in [3.05, 3.63) is 29.7 Å². The minimum absolute atomic E-state index is 0.450. The van der Waals surface area contributed by atoms with Crippen LogP contribution < -0.4 is 5.73 Å². The highest BCUT2D eigenvalue weighted by atomic mass is 15.0. The number of nitrogens with zero attached hydrogens (tertiary/aromatic N) is 4. The van der Waals surface area contributed by atoms with E-state index in [-0.39, 0.29) is 0 Å². The largest absolute Gasteiger partial charge is 0.384 e. The second kappa shape index (κ2) is 4.22. The van der Waals surface area contributed by atoms with E-state index >= 15 is 0 Å². The lowest BCUT2D eigenvalue weighted by Gasteiger charge is -2.03. The van der Waals surface area contributed by atoms with E-state index in [1.165, 1.54) is 0 Å². The van der Waals surface area contributed by atoms with Gasteiger partial charge in [-0.15, -0.1) is 0 Å². The Kier molecular flexibility index (Phi) is 2.76. The molecule has 0 spiro atoms. The molecule has 5 heteroatoms. The van der Waals surface area contributed by atoms with Gasteiger partial charge >= 0.3 is 0 Å². The molecule has 0 aliphatic carbocycles. The average Bonchev–Trinajstić information content (AvgIpc) is 2.29. The lowest BCUT2D eigenvalue weighted by molar-refractivity contribution is 0.985. The minimum Gasteiger partial charge on any atom is -0.384 e. The molecule has 0 saturated heterocycles. The third kappa shape index (κ3) is 2.13. The van der Waals surface area contributed by atoms with Crippen LogP contribution in [0.5, 0.6) is 0 Å². The number of nitrogens with two attached hydrogens (primary N) is 1. The zero-order chi connectivity index (χ0) is 11.5. The van der Waals surface area contributed by atoms with E-state index in [1.54, 1.807) is 18.5 Å². The topological polar surface area (TPSA) is 77.6 Å². The minimum atomic E-state index is 0.450. The van der Waals surface area contributed by atoms with Gasteiger partial charge in [-0.1, -0.05) is 6.92 Å². The fraction of sp³-hybridized carbons (Fsp3) is 0.273. The molecule has 0 aliphatic heterocycles. The summed E-state index contributed by atoms with van der Waals surface area (Å²) in [7, 11) is 0. The highest BCUT2D eigenvalue weighted by Gasteiger charge is 2.06. The van der Waals surface area contributed by atoms with E-state index in [0.717, 1.165) is 17.7 Å². The normalized spacial score (nSPS) is 10.4. The molecule has 0 radical (unpaired) electrons. The molecule has 0 atom stereocenters. The van der Waals surface area contributed by atoms with Crippen molar-refractivity contribution in [2.45, 2.75) is 20.3 Å². The lowest BCUT2D eigenvalue weighted by atomic mass is 10.3. The molecule has 2 heterocycles. The molecular weight excluding hydrogens is 202 g/mol. The maximum Gasteiger partial charge on any atom is 0.199 e. The van der Waals surface area contributed by atoms with E-state index in [4.69, 9.17) is 5.73 Å². The van der Waals surface area contributed by atoms with Crippen molar-refractivity contribution < 1.29 is 0 Å². The van der Waals surface area contributed by atoms with Gasteiger partial charge in [0, 0.05) is 24.2 Å². The van der Waals surface area contributed by atoms with Crippen LogP contribution in [0.3, 0.4) is 0 Å². The van der Waals surface area contributed by atoms with Crippen molar-refractivity contribution in [2.24, 2.45) is 0 Å². The van der Waals surface area contributed by atoms with Crippen LogP contribution in [0.4, 0.5) is 5.82 Å². The number of aromatic nitrogens is 4. The van der Waals surface area contributed by atoms with Gasteiger partial charge in [0.2, 0.25) is 0 Å². The van der Waals surface area contributed by atoms with Crippen LogP contribution in [0.1, 0.15) is 18.2 Å². The number of aryl methyl sites for hydroxylation is 2. The van der Waals surface area contributed by atoms with Gasteiger partial charge < -0.3 is 5.73 Å². The number of anilines is 1. The lowest BCUT2D eigenvalue weighted by Crippen LogP contribution is -2.02. The Balaban J connectivity index is 2.47. The Morgan fingerprint density at radius 1 is 1.12 bits per heavy atom. The quantitative estimate of drug-likeness (QED) is 0.819. The molecule has 0 aliphatic rings. The van der Waals surface area contributed by atoms with Crippen LogP contribution in [0, 0.1) is 6.92 Å². The van der Waals surface area contributed by atoms with Gasteiger partial charge in [-0.25, -0.2) is 19.9 Å². The van der Waals surface area contributed by atoms with Crippen molar-refractivity contribution in [2.75, 3.05) is 5.73 Å². The summed E-state index contributed by atoms with van der Waals surface area (Å²) in [4.78, 5) is 16.8. The summed E-state index contributed by atoms with van der Waals surface area (Å²) in [5.41, 5.74) is 7.59. The Hall–Kier alpha value is -2.04. The van der Waals surface area contributed by atoms with E-state index < -0.39 is 0 Å². The third-order valence-electron chi connectivity index (χ3n) is 2.14. The Morgan fingerprint density at radius 2 is 1.81 bits per heavy atom. The second-order valence-corrected chi connectivity index (χ2v) is 3.55. The smallest absolute Gasteiger partial charge is 0.199 e. The first-order valence-corrected chi connectivity index (χ1v) is 5.11. The van der Waals surface area contributed by atoms with Crippen LogP contribution in [0.15, 0.2) is 18.5 Å². The summed E-state index contributed by atoms with van der Waals surface area (Å²) in [6.45, 7) is 3.95. The molecule has 0 bridgehead atoms. The summed E-state index contributed by atoms with van der Waals surface area (Å²) in [6, 6.07) is 1.76. The molecule has 0 amide bonds. The second-order valence-electron chi connectivity index (χ2n) is 3.55. The molecule has 2 aromatic heterocycles. The van der Waals surface area contributed by atoms with E-state index in [9.17, 15) is 0 Å². The van der Waals surface area contributed by atoms with Gasteiger partial charge in [-0.2, -0.15) is 0 Å². The summed E-state index contributed by atoms with van der Waals surface area (Å²) in [6.07, 6.45) is 4.28. The van der Waals surface area contributed by atoms with E-state index in [0.29, 0.717) is 17.5 Å². The van der Waals surface area contributed by atoms with Gasteiger partial charge in [0.05, 0.1) is 0 Å². The summed E-state index contributed by atoms with van der Waals surface area (Å²) in [5, 5.41) is 0. The Labute approximate surface area is 93.8 Å². The highest BCUT2D eigenvalue weighted by Crippen LogP contribution is 2.12. The molecule has 2 aromatic rings. The highest BCUT2D eigenvalue weighted by molar-refractivity contribution is 5.47. The SMILES string of the molecule is CCc1cc(N)nc(-c2ncc(C)cn2)n1. The predicted molar refractivity (Wildman–Crippen MR) is 61.6 cm³/mol. The van der Waals surface area contributed by atoms with Crippen molar-refractivity contribution >= 4 is 5.82 Å². The summed E-state index contributed by atoms with van der Waals surface area (Å²) in [5.74, 6) is 1.44. The van der Waals surface area contributed by atoms with Gasteiger partial charge in [0.25, 0.3) is 0 Å². The molecule has 2 rings (SSSR count). The van der Waals surface area contributed by atoms with E-state index in [1.807, 2.05) is 13.8 Å². The number of rotatable bonds is 2. The molecule has 0 fully saturated rings. The monoisotopic (exact) mass is 215 g/mol. The first-order chi connectivity index (χ1) is 7.69. The molecule has 0 saturated carbocycles. The number of nitrogen functional groups attached to an aromatic ring is 1. The van der Waals surface area contributed by atoms with Crippen molar-refractivity contribution in [1.29, 1.82) is 0 Å². The van der Waals surface area contributed by atoms with Gasteiger partial charge in [-0.3, -0.25) is 0 Å².